The third-order valence-electron chi connectivity index (χ3n) is 3.09. The van der Waals surface area contributed by atoms with E-state index in [1.165, 1.54) is 0 Å². The van der Waals surface area contributed by atoms with Gasteiger partial charge in [-0.3, -0.25) is 0 Å². The van der Waals surface area contributed by atoms with Crippen LogP contribution in [0.15, 0.2) is 0 Å². The molecule has 1 fully saturated rings. The summed E-state index contributed by atoms with van der Waals surface area (Å²) in [6.07, 6.45) is 3.90. The molecule has 0 aromatic rings. The van der Waals surface area contributed by atoms with Crippen molar-refractivity contribution in [2.45, 2.75) is 39.7 Å². The molecule has 0 aliphatic carbocycles. The summed E-state index contributed by atoms with van der Waals surface area (Å²) in [5.41, 5.74) is 0.291. The van der Waals surface area contributed by atoms with Gasteiger partial charge in [0.1, 0.15) is 0 Å². The molecule has 1 amide bonds. The van der Waals surface area contributed by atoms with Crippen LogP contribution in [0.4, 0.5) is 0 Å². The predicted molar refractivity (Wildman–Crippen MR) is 53.7 cm³/mol. The van der Waals surface area contributed by atoms with Crippen LogP contribution in [0.2, 0.25) is 0 Å². The van der Waals surface area contributed by atoms with Crippen molar-refractivity contribution in [2.75, 3.05) is 6.54 Å². The van der Waals surface area contributed by atoms with Crippen LogP contribution >= 0.6 is 0 Å². The summed E-state index contributed by atoms with van der Waals surface area (Å²) in [7, 11) is 0. The van der Waals surface area contributed by atoms with E-state index in [1.807, 2.05) is 6.41 Å². The molecule has 1 heterocycles. The third kappa shape index (κ3) is 3.31. The van der Waals surface area contributed by atoms with E-state index >= 15 is 0 Å². The standard InChI is InChI=1S/C11H19NO.Y/c1-5-10-6-9(11(2,3)4)7-12(10)8-13;/h9-10H,1,5-7H2,2-4H3;/q-2;. The molecule has 2 atom stereocenters. The largest absolute Gasteiger partial charge is 0.520 e. The molecule has 2 nitrogen and oxygen atoms in total. The SMILES string of the molecule is [CH2-]CC1CC(C(C)(C)C)CN1[C-]=O.[Y]. The van der Waals surface area contributed by atoms with Crippen LogP contribution in [0.3, 0.4) is 0 Å². The molecule has 1 aliphatic heterocycles. The van der Waals surface area contributed by atoms with Crippen molar-refractivity contribution >= 4 is 6.41 Å². The Morgan fingerprint density at radius 3 is 2.36 bits per heavy atom. The van der Waals surface area contributed by atoms with Crippen molar-refractivity contribution in [3.05, 3.63) is 6.92 Å². The Labute approximate surface area is 113 Å². The van der Waals surface area contributed by atoms with Gasteiger partial charge in [0.2, 0.25) is 0 Å². The first-order valence-electron chi connectivity index (χ1n) is 4.92. The van der Waals surface area contributed by atoms with E-state index in [2.05, 4.69) is 27.7 Å². The summed E-state index contributed by atoms with van der Waals surface area (Å²) in [6, 6.07) is 0.321. The number of rotatable bonds is 2. The molecule has 79 valence electrons. The van der Waals surface area contributed by atoms with Crippen molar-refractivity contribution in [2.24, 2.45) is 11.3 Å². The molecule has 1 aliphatic rings. The molecular weight excluding hydrogens is 251 g/mol. The van der Waals surface area contributed by atoms with E-state index in [0.717, 1.165) is 19.4 Å². The van der Waals surface area contributed by atoms with Gasteiger partial charge in [-0.15, -0.1) is 0 Å². The van der Waals surface area contributed by atoms with Crippen LogP contribution in [0.1, 0.15) is 33.6 Å². The van der Waals surface area contributed by atoms with E-state index in [-0.39, 0.29) is 32.7 Å². The van der Waals surface area contributed by atoms with Crippen molar-refractivity contribution < 1.29 is 37.5 Å². The summed E-state index contributed by atoms with van der Waals surface area (Å²) in [5, 5.41) is 0. The average molecular weight is 270 g/mol. The van der Waals surface area contributed by atoms with Crippen molar-refractivity contribution in [1.29, 1.82) is 0 Å². The Balaban J connectivity index is 0.00000169. The zero-order valence-corrected chi connectivity index (χ0v) is 12.3. The van der Waals surface area contributed by atoms with Crippen molar-refractivity contribution in [3.63, 3.8) is 0 Å². The zero-order valence-electron chi connectivity index (χ0n) is 9.42. The van der Waals surface area contributed by atoms with Crippen LogP contribution in [-0.2, 0) is 37.5 Å². The van der Waals surface area contributed by atoms with Gasteiger partial charge in [-0.25, -0.2) is 0 Å². The smallest absolute Gasteiger partial charge is 0 e. The van der Waals surface area contributed by atoms with Crippen LogP contribution in [0, 0.1) is 18.3 Å². The Morgan fingerprint density at radius 2 is 2.07 bits per heavy atom. The fraction of sp³-hybridized carbons (Fsp3) is 0.818. The van der Waals surface area contributed by atoms with Crippen LogP contribution < -0.4 is 0 Å². The van der Waals surface area contributed by atoms with E-state index in [1.54, 1.807) is 4.90 Å². The molecule has 3 heteroatoms. The number of likely N-dealkylation sites (tertiary alicyclic amines) is 1. The van der Waals surface area contributed by atoms with Gasteiger partial charge in [-0.1, -0.05) is 20.8 Å². The van der Waals surface area contributed by atoms with Gasteiger partial charge in [-0.05, 0) is 30.3 Å². The predicted octanol–water partition coefficient (Wildman–Crippen LogP) is 2.01. The van der Waals surface area contributed by atoms with Gasteiger partial charge in [0.05, 0.1) is 0 Å². The van der Waals surface area contributed by atoms with Gasteiger partial charge < -0.3 is 16.6 Å². The van der Waals surface area contributed by atoms with Gasteiger partial charge in [0, 0.05) is 32.7 Å². The van der Waals surface area contributed by atoms with Gasteiger partial charge >= 0.3 is 0 Å². The fourth-order valence-corrected chi connectivity index (χ4v) is 1.93. The molecule has 1 radical (unpaired) electrons. The second kappa shape index (κ2) is 5.60. The molecule has 0 aromatic carbocycles. The average Bonchev–Trinajstić information content (AvgIpc) is 2.45. The maximum atomic E-state index is 10.6. The number of hydrogen-bond acceptors (Lipinski definition) is 1. The molecule has 14 heavy (non-hydrogen) atoms. The molecule has 1 saturated heterocycles. The van der Waals surface area contributed by atoms with E-state index in [4.69, 9.17) is 0 Å². The number of amides is 1. The van der Waals surface area contributed by atoms with E-state index < -0.39 is 0 Å². The number of nitrogens with zero attached hydrogens (tertiary/aromatic N) is 1. The van der Waals surface area contributed by atoms with Crippen molar-refractivity contribution in [3.8, 4) is 0 Å². The summed E-state index contributed by atoms with van der Waals surface area (Å²) in [5.74, 6) is 0.598. The van der Waals surface area contributed by atoms with Crippen LogP contribution in [0.5, 0.6) is 0 Å². The topological polar surface area (TPSA) is 20.3 Å². The first-order chi connectivity index (χ1) is 5.99. The van der Waals surface area contributed by atoms with Gasteiger partial charge in [-0.2, -0.15) is 12.8 Å². The normalized spacial score (nSPS) is 27.3. The quantitative estimate of drug-likeness (QED) is 0.703. The molecule has 0 spiro atoms. The third-order valence-corrected chi connectivity index (χ3v) is 3.09. The number of carbonyl (C=O) groups excluding carboxylic acids is 1. The maximum Gasteiger partial charge on any atom is 0 e. The molecule has 0 saturated carbocycles. The Morgan fingerprint density at radius 1 is 1.50 bits per heavy atom. The number of hydrogen-bond donors (Lipinski definition) is 0. The minimum atomic E-state index is 0. The first kappa shape index (κ1) is 14.6. The molecule has 0 N–H and O–H groups in total. The molecule has 2 unspecified atom stereocenters. The summed E-state index contributed by atoms with van der Waals surface area (Å²) >= 11 is 0. The van der Waals surface area contributed by atoms with Gasteiger partial charge in [0.15, 0.2) is 0 Å². The Bertz CT molecular complexity index is 188. The first-order valence-corrected chi connectivity index (χ1v) is 4.92. The minimum absolute atomic E-state index is 0. The molecular formula is C11H19NOY-2. The van der Waals surface area contributed by atoms with Crippen molar-refractivity contribution in [1.82, 2.24) is 4.90 Å². The minimum Gasteiger partial charge on any atom is -0.520 e. The van der Waals surface area contributed by atoms with Crippen LogP contribution in [0.25, 0.3) is 0 Å². The second-order valence-corrected chi connectivity index (χ2v) is 4.98. The second-order valence-electron chi connectivity index (χ2n) is 4.98. The van der Waals surface area contributed by atoms with Gasteiger partial charge in [0.25, 0.3) is 0 Å². The van der Waals surface area contributed by atoms with E-state index in [9.17, 15) is 4.79 Å². The summed E-state index contributed by atoms with van der Waals surface area (Å²) in [4.78, 5) is 12.4. The zero-order chi connectivity index (χ0) is 10.1. The van der Waals surface area contributed by atoms with Crippen LogP contribution in [-0.4, -0.2) is 23.9 Å². The Hall–Kier alpha value is 0.574. The molecule has 1 rings (SSSR count). The maximum absolute atomic E-state index is 10.6. The Kier molecular flexibility index (Phi) is 5.83. The summed E-state index contributed by atoms with van der Waals surface area (Å²) < 4.78 is 0. The monoisotopic (exact) mass is 270 g/mol. The summed E-state index contributed by atoms with van der Waals surface area (Å²) in [6.45, 7) is 11.4. The molecule has 0 bridgehead atoms. The fourth-order valence-electron chi connectivity index (χ4n) is 1.93. The molecule has 0 aromatic heterocycles. The van der Waals surface area contributed by atoms with E-state index in [0.29, 0.717) is 17.4 Å².